The highest BCUT2D eigenvalue weighted by Crippen LogP contribution is 2.31. The molecule has 20 heavy (non-hydrogen) atoms. The Labute approximate surface area is 121 Å². The molecule has 2 aliphatic rings. The minimum absolute atomic E-state index is 0.470. The predicted molar refractivity (Wildman–Crippen MR) is 78.5 cm³/mol. The van der Waals surface area contributed by atoms with Crippen molar-refractivity contribution >= 4 is 0 Å². The zero-order chi connectivity index (χ0) is 13.8. The van der Waals surface area contributed by atoms with E-state index in [9.17, 15) is 0 Å². The first-order valence-corrected chi connectivity index (χ1v) is 8.00. The van der Waals surface area contributed by atoms with Gasteiger partial charge in [0.25, 0.3) is 0 Å². The molecular weight excluding hydrogens is 252 g/mol. The fourth-order valence-electron chi connectivity index (χ4n) is 3.46. The third kappa shape index (κ3) is 3.08. The fraction of sp³-hybridized carbons (Fsp3) is 0.750. The molecule has 0 spiro atoms. The second-order valence-electron chi connectivity index (χ2n) is 5.92. The van der Waals surface area contributed by atoms with Gasteiger partial charge in [-0.1, -0.05) is 6.92 Å². The van der Waals surface area contributed by atoms with E-state index in [-0.39, 0.29) is 0 Å². The largest absolute Gasteiger partial charge is 0.468 e. The smallest absolute Gasteiger partial charge is 0.122 e. The van der Waals surface area contributed by atoms with Crippen LogP contribution in [0.15, 0.2) is 16.7 Å². The van der Waals surface area contributed by atoms with E-state index in [0.717, 1.165) is 45.0 Å². The molecule has 0 amide bonds. The van der Waals surface area contributed by atoms with Gasteiger partial charge in [0, 0.05) is 24.7 Å². The molecule has 112 valence electrons. The first kappa shape index (κ1) is 14.1. The molecule has 1 aromatic rings. The molecule has 2 unspecified atom stereocenters. The Morgan fingerprint density at radius 2 is 2.35 bits per heavy atom. The van der Waals surface area contributed by atoms with Gasteiger partial charge in [0.2, 0.25) is 0 Å². The Bertz CT molecular complexity index is 418. The quantitative estimate of drug-likeness (QED) is 0.812. The molecule has 2 fully saturated rings. The lowest BCUT2D eigenvalue weighted by Gasteiger charge is -2.37. The molecule has 0 bridgehead atoms. The maximum Gasteiger partial charge on any atom is 0.122 e. The molecule has 1 saturated heterocycles. The van der Waals surface area contributed by atoms with Gasteiger partial charge in [-0.3, -0.25) is 4.90 Å². The molecule has 3 rings (SSSR count). The first-order valence-electron chi connectivity index (χ1n) is 8.00. The molecule has 1 aliphatic heterocycles. The normalized spacial score (nSPS) is 26.9. The number of nitrogens with zero attached hydrogens (tertiary/aromatic N) is 1. The van der Waals surface area contributed by atoms with Crippen LogP contribution in [0.1, 0.15) is 43.9 Å². The van der Waals surface area contributed by atoms with Crippen molar-refractivity contribution in [3.8, 4) is 0 Å². The molecule has 2 atom stereocenters. The van der Waals surface area contributed by atoms with Gasteiger partial charge in [-0.2, -0.15) is 0 Å². The number of nitrogens with one attached hydrogen (secondary N) is 1. The minimum atomic E-state index is 0.470. The van der Waals surface area contributed by atoms with Crippen LogP contribution < -0.4 is 5.32 Å². The van der Waals surface area contributed by atoms with E-state index in [0.29, 0.717) is 12.1 Å². The lowest BCUT2D eigenvalue weighted by Crippen LogP contribution is -2.47. The third-order valence-corrected chi connectivity index (χ3v) is 4.52. The van der Waals surface area contributed by atoms with E-state index < -0.39 is 0 Å². The molecule has 4 heteroatoms. The van der Waals surface area contributed by atoms with E-state index in [1.54, 1.807) is 0 Å². The van der Waals surface area contributed by atoms with Gasteiger partial charge < -0.3 is 14.5 Å². The van der Waals surface area contributed by atoms with Gasteiger partial charge in [0.1, 0.15) is 5.76 Å². The summed E-state index contributed by atoms with van der Waals surface area (Å²) < 4.78 is 11.5. The number of ether oxygens (including phenoxy) is 1. The summed E-state index contributed by atoms with van der Waals surface area (Å²) >= 11 is 0. The van der Waals surface area contributed by atoms with E-state index in [4.69, 9.17) is 9.15 Å². The molecule has 0 radical (unpaired) electrons. The van der Waals surface area contributed by atoms with Gasteiger partial charge in [0.15, 0.2) is 0 Å². The maximum atomic E-state index is 5.88. The van der Waals surface area contributed by atoms with Crippen molar-refractivity contribution in [2.45, 2.75) is 57.8 Å². The zero-order valence-electron chi connectivity index (χ0n) is 12.4. The van der Waals surface area contributed by atoms with Crippen LogP contribution in [0.2, 0.25) is 0 Å². The van der Waals surface area contributed by atoms with E-state index in [1.165, 1.54) is 24.8 Å². The highest BCUT2D eigenvalue weighted by molar-refractivity contribution is 5.17. The Hall–Kier alpha value is -0.840. The molecule has 1 aromatic heterocycles. The van der Waals surface area contributed by atoms with E-state index in [1.807, 2.05) is 6.26 Å². The van der Waals surface area contributed by atoms with Gasteiger partial charge >= 0.3 is 0 Å². The maximum absolute atomic E-state index is 5.88. The van der Waals surface area contributed by atoms with Crippen LogP contribution in [-0.2, 0) is 17.8 Å². The average Bonchev–Trinajstić information content (AvgIpc) is 3.09. The average molecular weight is 278 g/mol. The number of fused-ring (bicyclic) bond motifs is 1. The van der Waals surface area contributed by atoms with Crippen molar-refractivity contribution in [3.05, 3.63) is 23.7 Å². The van der Waals surface area contributed by atoms with Gasteiger partial charge in [-0.05, 0) is 38.3 Å². The molecule has 0 aromatic carbocycles. The van der Waals surface area contributed by atoms with Crippen LogP contribution in [0.3, 0.4) is 0 Å². The Balaban J connectivity index is 1.60. The summed E-state index contributed by atoms with van der Waals surface area (Å²) in [5, 5.41) is 3.42. The lowest BCUT2D eigenvalue weighted by atomic mass is 10.1. The van der Waals surface area contributed by atoms with Crippen LogP contribution in [0.5, 0.6) is 0 Å². The summed E-state index contributed by atoms with van der Waals surface area (Å²) in [6.45, 7) is 7.00. The van der Waals surface area contributed by atoms with Crippen molar-refractivity contribution in [2.24, 2.45) is 0 Å². The highest BCUT2D eigenvalue weighted by atomic mass is 16.5. The Morgan fingerprint density at radius 1 is 1.40 bits per heavy atom. The number of furan rings is 1. The van der Waals surface area contributed by atoms with Crippen LogP contribution >= 0.6 is 0 Å². The molecule has 4 nitrogen and oxygen atoms in total. The predicted octanol–water partition coefficient (Wildman–Crippen LogP) is 2.53. The molecule has 1 saturated carbocycles. The SMILES string of the molecule is CCCNCc1occc1CN1CCOC2CCCC21. The molecule has 2 heterocycles. The summed E-state index contributed by atoms with van der Waals surface area (Å²) in [5.41, 5.74) is 1.33. The summed E-state index contributed by atoms with van der Waals surface area (Å²) in [4.78, 5) is 2.59. The summed E-state index contributed by atoms with van der Waals surface area (Å²) in [7, 11) is 0. The Morgan fingerprint density at radius 3 is 3.25 bits per heavy atom. The van der Waals surface area contributed by atoms with E-state index in [2.05, 4.69) is 23.2 Å². The van der Waals surface area contributed by atoms with Crippen molar-refractivity contribution in [2.75, 3.05) is 19.7 Å². The summed E-state index contributed by atoms with van der Waals surface area (Å²) in [6.07, 6.45) is 7.27. The van der Waals surface area contributed by atoms with E-state index >= 15 is 0 Å². The van der Waals surface area contributed by atoms with Crippen molar-refractivity contribution in [1.82, 2.24) is 10.2 Å². The van der Waals surface area contributed by atoms with Crippen molar-refractivity contribution in [1.29, 1.82) is 0 Å². The standard InChI is InChI=1S/C16H26N2O2/c1-2-7-17-11-16-13(6-9-19-16)12-18-8-10-20-15-5-3-4-14(15)18/h6,9,14-15,17H,2-5,7-8,10-12H2,1H3. The van der Waals surface area contributed by atoms with Crippen molar-refractivity contribution in [3.63, 3.8) is 0 Å². The van der Waals surface area contributed by atoms with Gasteiger partial charge in [0.05, 0.1) is 25.5 Å². The molecular formula is C16H26N2O2. The van der Waals surface area contributed by atoms with Crippen LogP contribution in [0.4, 0.5) is 0 Å². The molecule has 1 aliphatic carbocycles. The summed E-state index contributed by atoms with van der Waals surface area (Å²) in [5.74, 6) is 1.10. The molecule has 1 N–H and O–H groups in total. The fourth-order valence-corrected chi connectivity index (χ4v) is 3.46. The van der Waals surface area contributed by atoms with Crippen LogP contribution in [0.25, 0.3) is 0 Å². The highest BCUT2D eigenvalue weighted by Gasteiger charge is 2.36. The topological polar surface area (TPSA) is 37.6 Å². The summed E-state index contributed by atoms with van der Waals surface area (Å²) in [6, 6.07) is 2.75. The van der Waals surface area contributed by atoms with Crippen molar-refractivity contribution < 1.29 is 9.15 Å². The minimum Gasteiger partial charge on any atom is -0.468 e. The van der Waals surface area contributed by atoms with Gasteiger partial charge in [-0.25, -0.2) is 0 Å². The number of hydrogen-bond acceptors (Lipinski definition) is 4. The van der Waals surface area contributed by atoms with Gasteiger partial charge in [-0.15, -0.1) is 0 Å². The number of rotatable bonds is 6. The number of morpholine rings is 1. The lowest BCUT2D eigenvalue weighted by molar-refractivity contribution is -0.0589. The first-order chi connectivity index (χ1) is 9.88. The second-order valence-corrected chi connectivity index (χ2v) is 5.92. The van der Waals surface area contributed by atoms with Crippen LogP contribution in [-0.4, -0.2) is 36.7 Å². The zero-order valence-corrected chi connectivity index (χ0v) is 12.4. The Kier molecular flexibility index (Phi) is 4.76. The number of hydrogen-bond donors (Lipinski definition) is 1. The van der Waals surface area contributed by atoms with Crippen LogP contribution in [0, 0.1) is 0 Å². The third-order valence-electron chi connectivity index (χ3n) is 4.52. The monoisotopic (exact) mass is 278 g/mol. The second kappa shape index (κ2) is 6.74.